The number of thiocarbonyl (C=S) groups is 1. The molecule has 1 unspecified atom stereocenters. The van der Waals surface area contributed by atoms with Crippen LogP contribution < -0.4 is 15.8 Å². The van der Waals surface area contributed by atoms with Crippen molar-refractivity contribution in [3.63, 3.8) is 0 Å². The lowest BCUT2D eigenvalue weighted by atomic mass is 9.95. The van der Waals surface area contributed by atoms with Crippen LogP contribution in [0.4, 0.5) is 5.69 Å². The fourth-order valence-corrected chi connectivity index (χ4v) is 2.25. The zero-order chi connectivity index (χ0) is 15.3. The van der Waals surface area contributed by atoms with Crippen molar-refractivity contribution in [2.45, 2.75) is 33.8 Å². The first-order chi connectivity index (χ1) is 9.31. The lowest BCUT2D eigenvalue weighted by Gasteiger charge is -2.19. The number of rotatable bonds is 6. The minimum atomic E-state index is -0.461. The second kappa shape index (κ2) is 7.24. The van der Waals surface area contributed by atoms with Gasteiger partial charge in [-0.25, -0.2) is 0 Å². The van der Waals surface area contributed by atoms with E-state index in [0.29, 0.717) is 5.69 Å². The Hall–Kier alpha value is -1.62. The number of nitrogens with one attached hydrogen (secondary N) is 1. The fourth-order valence-electron chi connectivity index (χ4n) is 1.87. The van der Waals surface area contributed by atoms with Crippen LogP contribution in [0.3, 0.4) is 0 Å². The third-order valence-corrected chi connectivity index (χ3v) is 3.00. The number of carbonyl (C=O) groups is 1. The van der Waals surface area contributed by atoms with Gasteiger partial charge in [-0.1, -0.05) is 26.1 Å². The highest BCUT2D eigenvalue weighted by atomic mass is 32.1. The Bertz CT molecular complexity index is 469. The molecule has 1 rings (SSSR count). The minimum Gasteiger partial charge on any atom is -0.491 e. The summed E-state index contributed by atoms with van der Waals surface area (Å²) in [6.45, 7) is 7.77. The molecule has 3 N–H and O–H groups in total. The number of ether oxygens (including phenoxy) is 1. The molecule has 1 aromatic carbocycles. The van der Waals surface area contributed by atoms with E-state index in [4.69, 9.17) is 22.7 Å². The lowest BCUT2D eigenvalue weighted by Crippen LogP contribution is -2.36. The van der Waals surface area contributed by atoms with E-state index in [9.17, 15) is 4.79 Å². The molecule has 0 bridgehead atoms. The molecule has 0 heterocycles. The monoisotopic (exact) mass is 294 g/mol. The smallest absolute Gasteiger partial charge is 0.234 e. The predicted molar refractivity (Wildman–Crippen MR) is 85.9 cm³/mol. The normalized spacial score (nSPS) is 12.3. The Labute approximate surface area is 125 Å². The topological polar surface area (TPSA) is 64.3 Å². The molecule has 0 radical (unpaired) electrons. The van der Waals surface area contributed by atoms with Crippen molar-refractivity contribution in [2.75, 3.05) is 5.32 Å². The van der Waals surface area contributed by atoms with Crippen LogP contribution in [0, 0.1) is 11.8 Å². The highest BCUT2D eigenvalue weighted by Gasteiger charge is 2.24. The predicted octanol–water partition coefficient (Wildman–Crippen LogP) is 2.97. The Morgan fingerprint density at radius 1 is 1.20 bits per heavy atom. The molecular formula is C15H22N2O2S. The SMILES string of the molecule is CC(C)Oc1ccc(NC(=O)C(C(N)=S)C(C)C)cc1. The number of amides is 1. The van der Waals surface area contributed by atoms with E-state index in [1.807, 2.05) is 39.8 Å². The Kier molecular flexibility index (Phi) is 5.95. The molecule has 1 aromatic rings. The minimum absolute atomic E-state index is 0.0658. The van der Waals surface area contributed by atoms with Crippen molar-refractivity contribution in [1.29, 1.82) is 0 Å². The van der Waals surface area contributed by atoms with Crippen LogP contribution in [-0.2, 0) is 4.79 Å². The van der Waals surface area contributed by atoms with Crippen LogP contribution >= 0.6 is 12.2 Å². The van der Waals surface area contributed by atoms with Gasteiger partial charge in [0.25, 0.3) is 0 Å². The number of benzene rings is 1. The molecule has 0 aromatic heterocycles. The Morgan fingerprint density at radius 2 is 1.75 bits per heavy atom. The molecule has 1 amide bonds. The van der Waals surface area contributed by atoms with Crippen LogP contribution in [-0.4, -0.2) is 17.0 Å². The van der Waals surface area contributed by atoms with E-state index in [2.05, 4.69) is 5.32 Å². The van der Waals surface area contributed by atoms with Gasteiger partial charge < -0.3 is 15.8 Å². The van der Waals surface area contributed by atoms with Gasteiger partial charge in [0.1, 0.15) is 5.75 Å². The average Bonchev–Trinajstić information content (AvgIpc) is 2.29. The van der Waals surface area contributed by atoms with Crippen molar-refractivity contribution in [3.8, 4) is 5.75 Å². The second-order valence-corrected chi connectivity index (χ2v) is 5.78. The number of hydrogen-bond donors (Lipinski definition) is 2. The maximum Gasteiger partial charge on any atom is 0.234 e. The van der Waals surface area contributed by atoms with E-state index < -0.39 is 5.92 Å². The molecule has 20 heavy (non-hydrogen) atoms. The van der Waals surface area contributed by atoms with E-state index in [1.54, 1.807) is 12.1 Å². The van der Waals surface area contributed by atoms with Crippen LogP contribution in [0.25, 0.3) is 0 Å². The van der Waals surface area contributed by atoms with Crippen molar-refractivity contribution in [1.82, 2.24) is 0 Å². The molecule has 0 fully saturated rings. The Balaban J connectivity index is 2.73. The molecule has 5 heteroatoms. The first-order valence-electron chi connectivity index (χ1n) is 6.68. The first-order valence-corrected chi connectivity index (χ1v) is 7.09. The fraction of sp³-hybridized carbons (Fsp3) is 0.467. The highest BCUT2D eigenvalue weighted by Crippen LogP contribution is 2.19. The number of hydrogen-bond acceptors (Lipinski definition) is 3. The van der Waals surface area contributed by atoms with Gasteiger partial charge in [-0.3, -0.25) is 4.79 Å². The Morgan fingerprint density at radius 3 is 2.15 bits per heavy atom. The molecule has 0 aliphatic heterocycles. The van der Waals surface area contributed by atoms with E-state index in [-0.39, 0.29) is 22.9 Å². The number of nitrogens with two attached hydrogens (primary N) is 1. The van der Waals surface area contributed by atoms with Crippen molar-refractivity contribution < 1.29 is 9.53 Å². The van der Waals surface area contributed by atoms with Gasteiger partial charge in [-0.2, -0.15) is 0 Å². The zero-order valence-corrected chi connectivity index (χ0v) is 13.2. The number of anilines is 1. The maximum absolute atomic E-state index is 12.1. The summed E-state index contributed by atoms with van der Waals surface area (Å²) in [5, 5.41) is 2.82. The van der Waals surface area contributed by atoms with Crippen LogP contribution in [0.5, 0.6) is 5.75 Å². The molecule has 0 spiro atoms. The van der Waals surface area contributed by atoms with Crippen LogP contribution in [0.2, 0.25) is 0 Å². The van der Waals surface area contributed by atoms with Gasteiger partial charge in [0, 0.05) is 5.69 Å². The zero-order valence-electron chi connectivity index (χ0n) is 12.3. The number of carbonyl (C=O) groups excluding carboxylic acids is 1. The summed E-state index contributed by atoms with van der Waals surface area (Å²) in [6.07, 6.45) is 0.121. The quantitative estimate of drug-likeness (QED) is 0.792. The standard InChI is InChI=1S/C15H22N2O2S/c1-9(2)13(14(16)20)15(18)17-11-5-7-12(8-6-11)19-10(3)4/h5-10,13H,1-4H3,(H2,16,20)(H,17,18). The lowest BCUT2D eigenvalue weighted by molar-refractivity contribution is -0.118. The highest BCUT2D eigenvalue weighted by molar-refractivity contribution is 7.80. The summed E-state index contributed by atoms with van der Waals surface area (Å²) in [5.41, 5.74) is 6.32. The molecule has 1 atom stereocenters. The van der Waals surface area contributed by atoms with Gasteiger partial charge in [0.05, 0.1) is 17.0 Å². The van der Waals surface area contributed by atoms with Gasteiger partial charge in [-0.15, -0.1) is 0 Å². The summed E-state index contributed by atoms with van der Waals surface area (Å²) >= 11 is 4.95. The average molecular weight is 294 g/mol. The summed E-state index contributed by atoms with van der Waals surface area (Å²) in [5.74, 6) is 0.199. The van der Waals surface area contributed by atoms with Crippen LogP contribution in [0.15, 0.2) is 24.3 Å². The van der Waals surface area contributed by atoms with Crippen molar-refractivity contribution >= 4 is 28.8 Å². The molecule has 0 aliphatic carbocycles. The molecule has 0 saturated carbocycles. The third kappa shape index (κ3) is 4.81. The summed E-state index contributed by atoms with van der Waals surface area (Å²) < 4.78 is 5.54. The van der Waals surface area contributed by atoms with Gasteiger partial charge in [0.15, 0.2) is 0 Å². The van der Waals surface area contributed by atoms with Crippen molar-refractivity contribution in [2.24, 2.45) is 17.6 Å². The maximum atomic E-state index is 12.1. The van der Waals surface area contributed by atoms with Gasteiger partial charge in [0.2, 0.25) is 5.91 Å². The third-order valence-electron chi connectivity index (χ3n) is 2.75. The van der Waals surface area contributed by atoms with E-state index in [1.165, 1.54) is 0 Å². The van der Waals surface area contributed by atoms with E-state index in [0.717, 1.165) is 5.75 Å². The molecule has 0 saturated heterocycles. The molecule has 110 valence electrons. The van der Waals surface area contributed by atoms with Gasteiger partial charge >= 0.3 is 0 Å². The summed E-state index contributed by atoms with van der Waals surface area (Å²) in [4.78, 5) is 12.4. The molecule has 0 aliphatic rings. The first kappa shape index (κ1) is 16.4. The molecular weight excluding hydrogens is 272 g/mol. The van der Waals surface area contributed by atoms with Crippen LogP contribution in [0.1, 0.15) is 27.7 Å². The summed E-state index contributed by atoms with van der Waals surface area (Å²) in [6, 6.07) is 7.24. The molecule has 4 nitrogen and oxygen atoms in total. The summed E-state index contributed by atoms with van der Waals surface area (Å²) in [7, 11) is 0. The van der Waals surface area contributed by atoms with Gasteiger partial charge in [-0.05, 0) is 44.0 Å². The van der Waals surface area contributed by atoms with Crippen molar-refractivity contribution in [3.05, 3.63) is 24.3 Å². The second-order valence-electron chi connectivity index (χ2n) is 5.30. The largest absolute Gasteiger partial charge is 0.491 e. The van der Waals surface area contributed by atoms with E-state index >= 15 is 0 Å².